The van der Waals surface area contributed by atoms with Gasteiger partial charge in [-0.25, -0.2) is 4.39 Å². The summed E-state index contributed by atoms with van der Waals surface area (Å²) in [5, 5.41) is 5.56. The Bertz CT molecular complexity index is 1130. The largest absolute Gasteiger partial charge is 0.484 e. The molecule has 0 aromatic heterocycles. The highest BCUT2D eigenvalue weighted by Gasteiger charge is 2.16. The zero-order chi connectivity index (χ0) is 23.8. The van der Waals surface area contributed by atoms with Gasteiger partial charge in [-0.3, -0.25) is 9.59 Å². The Hall–Kier alpha value is -2.97. The third-order valence-corrected chi connectivity index (χ3v) is 8.13. The highest BCUT2D eigenvalue weighted by Crippen LogP contribution is 2.43. The van der Waals surface area contributed by atoms with Gasteiger partial charge >= 0.3 is 0 Å². The van der Waals surface area contributed by atoms with Crippen LogP contribution in [0.4, 0.5) is 10.1 Å². The predicted molar refractivity (Wildman–Crippen MR) is 137 cm³/mol. The predicted octanol–water partition coefficient (Wildman–Crippen LogP) is 5.64. The molecule has 2 amide bonds. The minimum absolute atomic E-state index is 0.0811. The Labute approximate surface area is 206 Å². The van der Waals surface area contributed by atoms with Crippen molar-refractivity contribution < 1.29 is 18.7 Å². The van der Waals surface area contributed by atoms with Gasteiger partial charge in [-0.05, 0) is 71.5 Å². The molecule has 0 saturated carbocycles. The molecule has 2 N–H and O–H groups in total. The van der Waals surface area contributed by atoms with Gasteiger partial charge in [-0.1, -0.05) is 30.3 Å². The van der Waals surface area contributed by atoms with E-state index in [1.54, 1.807) is 24.3 Å². The molecule has 1 aliphatic heterocycles. The second-order valence-corrected chi connectivity index (χ2v) is 10.5. The average Bonchev–Trinajstić information content (AvgIpc) is 2.87. The SMILES string of the molecule is O=C(COc1ccc(C2SCCCS2)cc1)NCc1cccc(NC(=O)c2cccc(F)c2)c1. The number of thioether (sulfide) groups is 2. The van der Waals surface area contributed by atoms with Crippen molar-refractivity contribution in [1.82, 2.24) is 5.32 Å². The third-order valence-electron chi connectivity index (χ3n) is 5.11. The summed E-state index contributed by atoms with van der Waals surface area (Å²) in [6.07, 6.45) is 1.26. The minimum atomic E-state index is -0.468. The number of amides is 2. The van der Waals surface area contributed by atoms with Crippen LogP contribution in [0.25, 0.3) is 0 Å². The fraction of sp³-hybridized carbons (Fsp3) is 0.231. The fourth-order valence-electron chi connectivity index (χ4n) is 3.39. The number of nitrogens with one attached hydrogen (secondary N) is 2. The Kier molecular flexibility index (Phi) is 8.49. The van der Waals surface area contributed by atoms with E-state index in [1.165, 1.54) is 41.7 Å². The molecule has 176 valence electrons. The average molecular weight is 497 g/mol. The number of carbonyl (C=O) groups excluding carboxylic acids is 2. The first-order valence-electron chi connectivity index (χ1n) is 11.0. The van der Waals surface area contributed by atoms with Crippen LogP contribution in [0, 0.1) is 5.82 Å². The lowest BCUT2D eigenvalue weighted by molar-refractivity contribution is -0.123. The van der Waals surface area contributed by atoms with Gasteiger partial charge in [0.1, 0.15) is 11.6 Å². The van der Waals surface area contributed by atoms with Gasteiger partial charge in [-0.2, -0.15) is 0 Å². The van der Waals surface area contributed by atoms with Crippen molar-refractivity contribution in [3.05, 3.63) is 95.3 Å². The van der Waals surface area contributed by atoms with Crippen molar-refractivity contribution >= 4 is 41.0 Å². The standard InChI is InChI=1S/C26H25FN2O3S2/c27-21-6-2-5-20(15-21)25(31)29-22-7-1-4-18(14-22)16-28-24(30)17-32-23-10-8-19(9-11-23)26-33-12-3-13-34-26/h1-2,4-11,14-15,26H,3,12-13,16-17H2,(H,28,30)(H,29,31). The van der Waals surface area contributed by atoms with E-state index in [9.17, 15) is 14.0 Å². The van der Waals surface area contributed by atoms with E-state index in [0.717, 1.165) is 5.56 Å². The van der Waals surface area contributed by atoms with Crippen molar-refractivity contribution in [1.29, 1.82) is 0 Å². The van der Waals surface area contributed by atoms with Crippen LogP contribution >= 0.6 is 23.5 Å². The van der Waals surface area contributed by atoms with Crippen molar-refractivity contribution in [3.8, 4) is 5.75 Å². The first-order valence-corrected chi connectivity index (χ1v) is 13.0. The summed E-state index contributed by atoms with van der Waals surface area (Å²) in [7, 11) is 0. The van der Waals surface area contributed by atoms with E-state index in [4.69, 9.17) is 4.74 Å². The molecule has 4 rings (SSSR count). The van der Waals surface area contributed by atoms with Crippen LogP contribution in [0.15, 0.2) is 72.8 Å². The summed E-state index contributed by atoms with van der Waals surface area (Å²) in [5.74, 6) is 1.94. The molecule has 8 heteroatoms. The molecule has 1 aliphatic rings. The van der Waals surface area contributed by atoms with Crippen LogP contribution in [0.3, 0.4) is 0 Å². The smallest absolute Gasteiger partial charge is 0.258 e. The van der Waals surface area contributed by atoms with E-state index in [1.807, 2.05) is 41.7 Å². The van der Waals surface area contributed by atoms with Crippen LogP contribution in [-0.2, 0) is 11.3 Å². The van der Waals surface area contributed by atoms with Crippen LogP contribution in [-0.4, -0.2) is 29.9 Å². The highest BCUT2D eigenvalue weighted by molar-refractivity contribution is 8.16. The lowest BCUT2D eigenvalue weighted by Crippen LogP contribution is -2.28. The quantitative estimate of drug-likeness (QED) is 0.422. The molecule has 3 aromatic rings. The van der Waals surface area contributed by atoms with Gasteiger partial charge in [0, 0.05) is 17.8 Å². The molecule has 1 fully saturated rings. The van der Waals surface area contributed by atoms with Crippen LogP contribution in [0.2, 0.25) is 0 Å². The molecule has 1 heterocycles. The Morgan fingerprint density at radius 2 is 1.74 bits per heavy atom. The van der Waals surface area contributed by atoms with Gasteiger partial charge in [-0.15, -0.1) is 23.5 Å². The normalized spacial score (nSPS) is 13.8. The summed E-state index contributed by atoms with van der Waals surface area (Å²) in [6.45, 7) is 0.212. The topological polar surface area (TPSA) is 67.4 Å². The molecule has 5 nitrogen and oxygen atoms in total. The summed E-state index contributed by atoms with van der Waals surface area (Å²) in [6, 6.07) is 20.6. The van der Waals surface area contributed by atoms with Gasteiger partial charge in [0.05, 0.1) is 4.58 Å². The molecule has 1 saturated heterocycles. The number of hydrogen-bond donors (Lipinski definition) is 2. The number of halogens is 1. The Morgan fingerprint density at radius 3 is 2.50 bits per heavy atom. The number of benzene rings is 3. The molecule has 0 unspecified atom stereocenters. The van der Waals surface area contributed by atoms with Gasteiger partial charge in [0.2, 0.25) is 0 Å². The fourth-order valence-corrected chi connectivity index (χ4v) is 6.29. The Morgan fingerprint density at radius 1 is 0.971 bits per heavy atom. The molecule has 0 spiro atoms. The first kappa shape index (κ1) is 24.2. The van der Waals surface area contributed by atoms with Gasteiger partial charge in [0.15, 0.2) is 6.61 Å². The molecule has 0 atom stereocenters. The summed E-state index contributed by atoms with van der Waals surface area (Å²) in [5.41, 5.74) is 2.89. The summed E-state index contributed by atoms with van der Waals surface area (Å²) in [4.78, 5) is 24.5. The second-order valence-electron chi connectivity index (χ2n) is 7.73. The molecule has 3 aromatic carbocycles. The minimum Gasteiger partial charge on any atom is -0.484 e. The third kappa shape index (κ3) is 7.01. The van der Waals surface area contributed by atoms with Gasteiger partial charge < -0.3 is 15.4 Å². The van der Waals surface area contributed by atoms with Crippen molar-refractivity contribution in [2.24, 2.45) is 0 Å². The Balaban J connectivity index is 1.23. The number of anilines is 1. The van der Waals surface area contributed by atoms with E-state index in [-0.39, 0.29) is 18.1 Å². The maximum Gasteiger partial charge on any atom is 0.258 e. The van der Waals surface area contributed by atoms with Crippen LogP contribution < -0.4 is 15.4 Å². The summed E-state index contributed by atoms with van der Waals surface area (Å²) >= 11 is 3.94. The second kappa shape index (κ2) is 11.9. The molecule has 0 aliphatic carbocycles. The van der Waals surface area contributed by atoms with E-state index in [2.05, 4.69) is 22.8 Å². The molecular formula is C26H25FN2O3S2. The van der Waals surface area contributed by atoms with Crippen molar-refractivity contribution in [2.75, 3.05) is 23.4 Å². The first-order chi connectivity index (χ1) is 16.6. The zero-order valence-electron chi connectivity index (χ0n) is 18.5. The zero-order valence-corrected chi connectivity index (χ0v) is 20.1. The lowest BCUT2D eigenvalue weighted by Gasteiger charge is -2.21. The maximum atomic E-state index is 13.3. The maximum absolute atomic E-state index is 13.3. The molecule has 0 radical (unpaired) electrons. The van der Waals surface area contributed by atoms with Crippen LogP contribution in [0.1, 0.15) is 32.5 Å². The molecule has 34 heavy (non-hydrogen) atoms. The number of hydrogen-bond acceptors (Lipinski definition) is 5. The highest BCUT2D eigenvalue weighted by atomic mass is 32.2. The molecule has 0 bridgehead atoms. The van der Waals surface area contributed by atoms with E-state index >= 15 is 0 Å². The summed E-state index contributed by atoms with van der Waals surface area (Å²) < 4.78 is 19.4. The monoisotopic (exact) mass is 496 g/mol. The molecular weight excluding hydrogens is 471 g/mol. The van der Waals surface area contributed by atoms with Crippen molar-refractivity contribution in [3.63, 3.8) is 0 Å². The number of ether oxygens (including phenoxy) is 1. The number of rotatable bonds is 8. The number of carbonyl (C=O) groups is 2. The van der Waals surface area contributed by atoms with E-state index in [0.29, 0.717) is 22.6 Å². The van der Waals surface area contributed by atoms with E-state index < -0.39 is 11.7 Å². The van der Waals surface area contributed by atoms with Crippen LogP contribution in [0.5, 0.6) is 5.75 Å². The van der Waals surface area contributed by atoms with Gasteiger partial charge in [0.25, 0.3) is 11.8 Å². The van der Waals surface area contributed by atoms with Crippen molar-refractivity contribution in [2.45, 2.75) is 17.5 Å². The lowest BCUT2D eigenvalue weighted by atomic mass is 10.1.